The van der Waals surface area contributed by atoms with Crippen molar-refractivity contribution >= 4 is 31.2 Å². The third kappa shape index (κ3) is 68.8. The van der Waals surface area contributed by atoms with E-state index in [9.17, 15) is 38.9 Å². The first-order valence-electron chi connectivity index (χ1n) is 20.0. The Morgan fingerprint density at radius 3 is 0.558 bits per heavy atom. The van der Waals surface area contributed by atoms with Gasteiger partial charge in [-0.3, -0.25) is 12.5 Å². The van der Waals surface area contributed by atoms with E-state index in [2.05, 4.69) is 33.3 Å². The summed E-state index contributed by atoms with van der Waals surface area (Å²) < 4.78 is 103. The molecule has 0 rings (SSSR count). The molecule has 0 aliphatic carbocycles. The van der Waals surface area contributed by atoms with E-state index < -0.39 is 31.2 Å². The first-order valence-corrected chi connectivity index (χ1v) is 24.0. The summed E-state index contributed by atoms with van der Waals surface area (Å²) in [5.74, 6) is 0. The van der Waals surface area contributed by atoms with Gasteiger partial charge in [0, 0.05) is 0 Å². The van der Waals surface area contributed by atoms with Crippen molar-refractivity contribution in [1.82, 2.24) is 0 Å². The molecule has 0 aromatic rings. The van der Waals surface area contributed by atoms with E-state index in [-0.39, 0.29) is 55.4 Å². The fourth-order valence-corrected chi connectivity index (χ4v) is 6.22. The Balaban J connectivity index is -0.000000329. The Labute approximate surface area is 348 Å². The molecule has 312 valence electrons. The molecule has 0 saturated heterocycles. The number of unbranched alkanes of at least 4 members (excludes halogenated alkanes) is 27. The monoisotopic (exact) mass is 934 g/mol. The van der Waals surface area contributed by atoms with Crippen molar-refractivity contribution in [1.29, 1.82) is 0 Å². The van der Waals surface area contributed by atoms with Gasteiger partial charge in [0.05, 0.1) is 19.8 Å². The molecule has 0 atom stereocenters. The van der Waals surface area contributed by atoms with Crippen LogP contribution in [0.4, 0.5) is 0 Å². The van der Waals surface area contributed by atoms with Gasteiger partial charge in [-0.05, 0) is 19.3 Å². The maximum Gasteiger partial charge on any atom is 3.00 e. The van der Waals surface area contributed by atoms with Crippen LogP contribution in [0.3, 0.4) is 0 Å². The molecular formula is C36H75LaO12S3. The van der Waals surface area contributed by atoms with Gasteiger partial charge in [-0.25, -0.2) is 25.3 Å². The van der Waals surface area contributed by atoms with Gasteiger partial charge >= 0.3 is 35.6 Å². The molecule has 0 aromatic heterocycles. The molecule has 52 heavy (non-hydrogen) atoms. The first-order chi connectivity index (χ1) is 24.2. The number of rotatable bonds is 36. The summed E-state index contributed by atoms with van der Waals surface area (Å²) in [6, 6.07) is 0. The summed E-state index contributed by atoms with van der Waals surface area (Å²) in [6.07, 6.45) is 35.1. The van der Waals surface area contributed by atoms with E-state index in [1.165, 1.54) is 135 Å². The minimum absolute atomic E-state index is 0. The normalized spacial score (nSPS) is 11.7. The minimum atomic E-state index is -4.48. The van der Waals surface area contributed by atoms with Crippen LogP contribution in [0, 0.1) is 35.6 Å². The summed E-state index contributed by atoms with van der Waals surface area (Å²) in [5, 5.41) is 0. The zero-order valence-corrected chi connectivity index (χ0v) is 39.1. The summed E-state index contributed by atoms with van der Waals surface area (Å²) in [6.45, 7) is 6.73. The van der Waals surface area contributed by atoms with E-state index in [1.807, 2.05) is 0 Å². The van der Waals surface area contributed by atoms with Gasteiger partial charge in [-0.2, -0.15) is 0 Å². The van der Waals surface area contributed by atoms with Gasteiger partial charge < -0.3 is 13.7 Å². The third-order valence-electron chi connectivity index (χ3n) is 8.18. The van der Waals surface area contributed by atoms with Crippen molar-refractivity contribution in [3.05, 3.63) is 0 Å². The molecule has 0 amide bonds. The van der Waals surface area contributed by atoms with Gasteiger partial charge in [-0.1, -0.05) is 194 Å². The van der Waals surface area contributed by atoms with Crippen LogP contribution >= 0.6 is 0 Å². The van der Waals surface area contributed by atoms with Crippen molar-refractivity contribution in [2.75, 3.05) is 19.8 Å². The van der Waals surface area contributed by atoms with Gasteiger partial charge in [0.1, 0.15) is 0 Å². The first kappa shape index (κ1) is 59.5. The Morgan fingerprint density at radius 2 is 0.423 bits per heavy atom. The summed E-state index contributed by atoms with van der Waals surface area (Å²) in [4.78, 5) is 0. The van der Waals surface area contributed by atoms with Crippen LogP contribution in [0.15, 0.2) is 0 Å². The molecule has 0 aliphatic rings. The van der Waals surface area contributed by atoms with E-state index >= 15 is 0 Å². The van der Waals surface area contributed by atoms with E-state index in [1.54, 1.807) is 0 Å². The van der Waals surface area contributed by atoms with E-state index in [0.29, 0.717) is 19.3 Å². The molecule has 0 aliphatic heterocycles. The molecule has 0 unspecified atom stereocenters. The predicted molar refractivity (Wildman–Crippen MR) is 202 cm³/mol. The van der Waals surface area contributed by atoms with Crippen LogP contribution in [-0.2, 0) is 43.7 Å². The minimum Gasteiger partial charge on any atom is -0.726 e. The summed E-state index contributed by atoms with van der Waals surface area (Å²) in [5.41, 5.74) is 0. The third-order valence-corrected chi connectivity index (χ3v) is 9.54. The fraction of sp³-hybridized carbons (Fsp3) is 1.00. The van der Waals surface area contributed by atoms with Crippen molar-refractivity contribution < 1.29 is 87.1 Å². The van der Waals surface area contributed by atoms with Gasteiger partial charge in [-0.15, -0.1) is 0 Å². The van der Waals surface area contributed by atoms with Crippen LogP contribution < -0.4 is 0 Å². The quantitative estimate of drug-likeness (QED) is 0.0328. The summed E-state index contributed by atoms with van der Waals surface area (Å²) >= 11 is 0. The maximum atomic E-state index is 10.1. The zero-order chi connectivity index (χ0) is 39.0. The van der Waals surface area contributed by atoms with E-state index in [0.717, 1.165) is 38.5 Å². The Hall–Kier alpha value is 0.805. The molecule has 16 heteroatoms. The second-order valence-electron chi connectivity index (χ2n) is 13.2. The predicted octanol–water partition coefficient (Wildman–Crippen LogP) is 10.2. The molecule has 0 bridgehead atoms. The molecule has 0 aromatic carbocycles. The summed E-state index contributed by atoms with van der Waals surface area (Å²) in [7, 11) is -13.5. The van der Waals surface area contributed by atoms with Gasteiger partial charge in [0.25, 0.3) is 0 Å². The van der Waals surface area contributed by atoms with Crippen molar-refractivity contribution in [3.8, 4) is 0 Å². The van der Waals surface area contributed by atoms with E-state index in [4.69, 9.17) is 0 Å². The SMILES string of the molecule is CCCCCCCCCCCCOS(=O)(=O)[O-].CCCCCCCCCCCCOS(=O)(=O)[O-].CCCCCCCCCCCCOS(=O)(=O)[O-].[La+3]. The Morgan fingerprint density at radius 1 is 0.288 bits per heavy atom. The second kappa shape index (κ2) is 44.5. The molecule has 0 spiro atoms. The average molecular weight is 935 g/mol. The van der Waals surface area contributed by atoms with Crippen molar-refractivity contribution in [2.45, 2.75) is 213 Å². The molecular weight excluding hydrogens is 859 g/mol. The molecule has 0 radical (unpaired) electrons. The molecule has 0 heterocycles. The second-order valence-corrected chi connectivity index (χ2v) is 16.4. The van der Waals surface area contributed by atoms with Crippen LogP contribution in [0.1, 0.15) is 213 Å². The number of hydrogen-bond donors (Lipinski definition) is 0. The van der Waals surface area contributed by atoms with Crippen molar-refractivity contribution in [2.24, 2.45) is 0 Å². The molecule has 0 N–H and O–H groups in total. The molecule has 0 fully saturated rings. The zero-order valence-electron chi connectivity index (χ0n) is 33.0. The van der Waals surface area contributed by atoms with Gasteiger partial charge in [0.15, 0.2) is 0 Å². The van der Waals surface area contributed by atoms with Crippen LogP contribution in [0.5, 0.6) is 0 Å². The fourth-order valence-electron chi connectivity index (χ4n) is 5.25. The Bertz CT molecular complexity index is 883. The average Bonchev–Trinajstić information content (AvgIpc) is 3.04. The Kier molecular flexibility index (Phi) is 50.9. The maximum absolute atomic E-state index is 10.1. The van der Waals surface area contributed by atoms with Crippen molar-refractivity contribution in [3.63, 3.8) is 0 Å². The topological polar surface area (TPSA) is 199 Å². The molecule has 0 saturated carbocycles. The van der Waals surface area contributed by atoms with Crippen LogP contribution in [0.25, 0.3) is 0 Å². The number of hydrogen-bond acceptors (Lipinski definition) is 12. The molecule has 12 nitrogen and oxygen atoms in total. The largest absolute Gasteiger partial charge is 3.00 e. The van der Waals surface area contributed by atoms with Crippen LogP contribution in [0.2, 0.25) is 0 Å². The smallest absolute Gasteiger partial charge is 0.726 e. The standard InChI is InChI=1S/3C12H26O4S.La/c3*1-2-3-4-5-6-7-8-9-10-11-12-16-17(13,14)15;/h3*2-12H2,1H3,(H,13,14,15);/q;;;+3/p-3. The van der Waals surface area contributed by atoms with Crippen LogP contribution in [-0.4, -0.2) is 58.7 Å². The van der Waals surface area contributed by atoms with Gasteiger partial charge in [0.2, 0.25) is 31.2 Å².